The van der Waals surface area contributed by atoms with Gasteiger partial charge < -0.3 is 4.74 Å². The Kier molecular flexibility index (Phi) is 7.62. The number of benzene rings is 1. The van der Waals surface area contributed by atoms with Gasteiger partial charge in [0.05, 0.1) is 0 Å². The van der Waals surface area contributed by atoms with Crippen molar-refractivity contribution in [3.05, 3.63) is 34.1 Å². The molecule has 0 fully saturated rings. The maximum Gasteiger partial charge on any atom is 0.243 e. The van der Waals surface area contributed by atoms with Crippen LogP contribution >= 0.6 is 15.9 Å². The standard InChI is InChI=1S/C13H17BrFNO3/c1-18-7-3-2-4-13(17)16-19-9-10-5-6-11(15)8-12(10)14/h5-6,8H,2-4,7,9H2,1H3,(H,16,17). The summed E-state index contributed by atoms with van der Waals surface area (Å²) in [5, 5.41) is 0. The molecule has 0 atom stereocenters. The molecule has 0 heterocycles. The lowest BCUT2D eigenvalue weighted by Gasteiger charge is -2.07. The van der Waals surface area contributed by atoms with Gasteiger partial charge in [-0.3, -0.25) is 9.63 Å². The third-order valence-corrected chi connectivity index (χ3v) is 3.17. The molecule has 0 aliphatic heterocycles. The van der Waals surface area contributed by atoms with E-state index in [1.54, 1.807) is 13.2 Å². The summed E-state index contributed by atoms with van der Waals surface area (Å²) in [4.78, 5) is 16.5. The molecule has 0 unspecified atom stereocenters. The number of hydroxylamine groups is 1. The van der Waals surface area contributed by atoms with E-state index in [4.69, 9.17) is 9.57 Å². The zero-order chi connectivity index (χ0) is 14.1. The van der Waals surface area contributed by atoms with Crippen molar-refractivity contribution in [2.75, 3.05) is 13.7 Å². The van der Waals surface area contributed by atoms with Crippen LogP contribution in [-0.4, -0.2) is 19.6 Å². The molecule has 0 aliphatic rings. The fourth-order valence-electron chi connectivity index (χ4n) is 1.42. The second kappa shape index (κ2) is 9.01. The Balaban J connectivity index is 2.20. The third-order valence-electron chi connectivity index (χ3n) is 2.43. The van der Waals surface area contributed by atoms with Crippen LogP contribution in [-0.2, 0) is 21.0 Å². The van der Waals surface area contributed by atoms with E-state index in [9.17, 15) is 9.18 Å². The first kappa shape index (κ1) is 16.1. The molecular formula is C13H17BrFNO3. The summed E-state index contributed by atoms with van der Waals surface area (Å²) >= 11 is 3.23. The fourth-order valence-corrected chi connectivity index (χ4v) is 1.88. The Morgan fingerprint density at radius 1 is 1.42 bits per heavy atom. The molecule has 0 saturated heterocycles. The Morgan fingerprint density at radius 2 is 2.21 bits per heavy atom. The van der Waals surface area contributed by atoms with Gasteiger partial charge in [-0.15, -0.1) is 0 Å². The monoisotopic (exact) mass is 333 g/mol. The highest BCUT2D eigenvalue weighted by molar-refractivity contribution is 9.10. The topological polar surface area (TPSA) is 47.6 Å². The Labute approximate surface area is 120 Å². The fraction of sp³-hybridized carbons (Fsp3) is 0.462. The molecule has 1 aromatic rings. The number of nitrogens with one attached hydrogen (secondary N) is 1. The average Bonchev–Trinajstić information content (AvgIpc) is 2.37. The lowest BCUT2D eigenvalue weighted by molar-refractivity contribution is -0.134. The lowest BCUT2D eigenvalue weighted by Crippen LogP contribution is -2.23. The zero-order valence-corrected chi connectivity index (χ0v) is 12.3. The van der Waals surface area contributed by atoms with Gasteiger partial charge >= 0.3 is 0 Å². The van der Waals surface area contributed by atoms with Crippen molar-refractivity contribution in [2.45, 2.75) is 25.9 Å². The number of rotatable bonds is 8. The van der Waals surface area contributed by atoms with Gasteiger partial charge in [0.1, 0.15) is 12.4 Å². The van der Waals surface area contributed by atoms with E-state index in [0.717, 1.165) is 18.4 Å². The molecule has 0 radical (unpaired) electrons. The number of carbonyl (C=O) groups excluding carboxylic acids is 1. The summed E-state index contributed by atoms with van der Waals surface area (Å²) in [6.45, 7) is 0.835. The number of hydrogen-bond donors (Lipinski definition) is 1. The molecule has 1 N–H and O–H groups in total. The molecule has 1 aromatic carbocycles. The van der Waals surface area contributed by atoms with Crippen LogP contribution in [0.15, 0.2) is 22.7 Å². The number of ether oxygens (including phenoxy) is 1. The van der Waals surface area contributed by atoms with Crippen molar-refractivity contribution in [3.8, 4) is 0 Å². The molecule has 0 spiro atoms. The van der Waals surface area contributed by atoms with E-state index >= 15 is 0 Å². The maximum absolute atomic E-state index is 12.8. The van der Waals surface area contributed by atoms with Crippen molar-refractivity contribution in [1.29, 1.82) is 0 Å². The van der Waals surface area contributed by atoms with Crippen molar-refractivity contribution in [2.24, 2.45) is 0 Å². The number of amides is 1. The highest BCUT2D eigenvalue weighted by Gasteiger charge is 2.04. The number of carbonyl (C=O) groups is 1. The average molecular weight is 334 g/mol. The van der Waals surface area contributed by atoms with Crippen LogP contribution in [0.4, 0.5) is 4.39 Å². The summed E-state index contributed by atoms with van der Waals surface area (Å²) in [6, 6.07) is 4.30. The molecule has 1 amide bonds. The van der Waals surface area contributed by atoms with E-state index in [2.05, 4.69) is 21.4 Å². The van der Waals surface area contributed by atoms with Crippen LogP contribution in [0.25, 0.3) is 0 Å². The van der Waals surface area contributed by atoms with Gasteiger partial charge in [0.15, 0.2) is 0 Å². The minimum Gasteiger partial charge on any atom is -0.385 e. The van der Waals surface area contributed by atoms with Crippen molar-refractivity contribution >= 4 is 21.8 Å². The van der Waals surface area contributed by atoms with E-state index in [-0.39, 0.29) is 18.3 Å². The van der Waals surface area contributed by atoms with Crippen LogP contribution in [0, 0.1) is 5.82 Å². The van der Waals surface area contributed by atoms with Gasteiger partial charge in [-0.2, -0.15) is 0 Å². The smallest absolute Gasteiger partial charge is 0.243 e. The first-order valence-corrected chi connectivity index (χ1v) is 6.76. The molecule has 0 saturated carbocycles. The Bertz CT molecular complexity index is 415. The van der Waals surface area contributed by atoms with Crippen LogP contribution in [0.5, 0.6) is 0 Å². The van der Waals surface area contributed by atoms with E-state index in [0.29, 0.717) is 17.5 Å². The summed E-state index contributed by atoms with van der Waals surface area (Å²) in [5.74, 6) is -0.493. The normalized spacial score (nSPS) is 10.5. The number of hydrogen-bond acceptors (Lipinski definition) is 3. The van der Waals surface area contributed by atoms with E-state index in [1.807, 2.05) is 0 Å². The second-order valence-corrected chi connectivity index (χ2v) is 4.85. The lowest BCUT2D eigenvalue weighted by atomic mass is 10.2. The molecular weight excluding hydrogens is 317 g/mol. The van der Waals surface area contributed by atoms with Crippen molar-refractivity contribution < 1.29 is 18.8 Å². The van der Waals surface area contributed by atoms with E-state index < -0.39 is 0 Å². The van der Waals surface area contributed by atoms with Crippen molar-refractivity contribution in [3.63, 3.8) is 0 Å². The summed E-state index contributed by atoms with van der Waals surface area (Å²) in [7, 11) is 1.63. The Hall–Kier alpha value is -0.980. The minimum atomic E-state index is -0.321. The quantitative estimate of drug-likeness (QED) is 0.587. The van der Waals surface area contributed by atoms with Gasteiger partial charge in [-0.25, -0.2) is 9.87 Å². The van der Waals surface area contributed by atoms with Crippen LogP contribution in [0.1, 0.15) is 24.8 Å². The van der Waals surface area contributed by atoms with Crippen LogP contribution < -0.4 is 5.48 Å². The zero-order valence-electron chi connectivity index (χ0n) is 10.7. The molecule has 106 valence electrons. The number of unbranched alkanes of at least 4 members (excludes halogenated alkanes) is 1. The van der Waals surface area contributed by atoms with Gasteiger partial charge in [-0.1, -0.05) is 22.0 Å². The molecule has 0 aliphatic carbocycles. The van der Waals surface area contributed by atoms with E-state index in [1.165, 1.54) is 12.1 Å². The first-order chi connectivity index (χ1) is 9.13. The first-order valence-electron chi connectivity index (χ1n) is 5.97. The Morgan fingerprint density at radius 3 is 2.89 bits per heavy atom. The largest absolute Gasteiger partial charge is 0.385 e. The molecule has 0 bridgehead atoms. The number of halogens is 2. The predicted molar refractivity (Wildman–Crippen MR) is 72.8 cm³/mol. The number of methoxy groups -OCH3 is 1. The van der Waals surface area contributed by atoms with Gasteiger partial charge in [0.25, 0.3) is 0 Å². The summed E-state index contributed by atoms with van der Waals surface area (Å²) in [5.41, 5.74) is 3.12. The molecule has 1 rings (SSSR count). The molecule has 0 aromatic heterocycles. The minimum absolute atomic E-state index is 0.172. The van der Waals surface area contributed by atoms with Gasteiger partial charge in [-0.05, 0) is 30.5 Å². The highest BCUT2D eigenvalue weighted by Crippen LogP contribution is 2.18. The summed E-state index contributed by atoms with van der Waals surface area (Å²) in [6.07, 6.45) is 1.99. The van der Waals surface area contributed by atoms with Crippen LogP contribution in [0.3, 0.4) is 0 Å². The van der Waals surface area contributed by atoms with Crippen molar-refractivity contribution in [1.82, 2.24) is 5.48 Å². The summed E-state index contributed by atoms with van der Waals surface area (Å²) < 4.78 is 18.3. The third kappa shape index (κ3) is 6.66. The van der Waals surface area contributed by atoms with Gasteiger partial charge in [0.2, 0.25) is 5.91 Å². The highest BCUT2D eigenvalue weighted by atomic mass is 79.9. The van der Waals surface area contributed by atoms with Crippen LogP contribution in [0.2, 0.25) is 0 Å². The molecule has 19 heavy (non-hydrogen) atoms. The SMILES string of the molecule is COCCCCC(=O)NOCc1ccc(F)cc1Br. The second-order valence-electron chi connectivity index (χ2n) is 4.00. The predicted octanol–water partition coefficient (Wildman–Crippen LogP) is 2.95. The maximum atomic E-state index is 12.8. The molecule has 6 heteroatoms. The van der Waals surface area contributed by atoms with Gasteiger partial charge in [0, 0.05) is 24.6 Å². The molecule has 4 nitrogen and oxygen atoms in total.